The lowest BCUT2D eigenvalue weighted by molar-refractivity contribution is 0.0930. The number of nitrogens with zero attached hydrogens (tertiary/aromatic N) is 3. The maximum atomic E-state index is 12.3. The second-order valence-corrected chi connectivity index (χ2v) is 5.68. The van der Waals surface area contributed by atoms with E-state index in [2.05, 4.69) is 20.5 Å². The van der Waals surface area contributed by atoms with Gasteiger partial charge in [0.25, 0.3) is 5.91 Å². The lowest BCUT2D eigenvalue weighted by Crippen LogP contribution is -2.27. The number of rotatable bonds is 5. The first-order valence-corrected chi connectivity index (χ1v) is 7.88. The summed E-state index contributed by atoms with van der Waals surface area (Å²) in [6.45, 7) is 5.76. The van der Waals surface area contributed by atoms with Gasteiger partial charge < -0.3 is 9.73 Å². The van der Waals surface area contributed by atoms with Crippen LogP contribution in [0.4, 0.5) is 0 Å². The molecule has 6 nitrogen and oxygen atoms in total. The predicted molar refractivity (Wildman–Crippen MR) is 80.3 cm³/mol. The zero-order chi connectivity index (χ0) is 15.4. The van der Waals surface area contributed by atoms with Crippen LogP contribution in [-0.4, -0.2) is 27.3 Å². The Morgan fingerprint density at radius 1 is 1.29 bits per heavy atom. The molecule has 0 unspecified atom stereocenters. The van der Waals surface area contributed by atoms with Gasteiger partial charge in [0.2, 0.25) is 11.8 Å². The van der Waals surface area contributed by atoms with E-state index in [0.29, 0.717) is 22.4 Å². The van der Waals surface area contributed by atoms with E-state index in [1.807, 2.05) is 27.0 Å². The van der Waals surface area contributed by atoms with Crippen molar-refractivity contribution in [3.63, 3.8) is 0 Å². The lowest BCUT2D eigenvalue weighted by atomic mass is 10.2. The zero-order valence-electron chi connectivity index (χ0n) is 12.5. The molecular formula is C14H18N4O2S. The molecule has 112 valence electrons. The standard InChI is InChI=1S/C14H18N4O2S/c1-8(2)12-17-18-13(20-12)9(3)16-11(19)10-6-5-7-15-14(10)21-4/h5-9H,1-4H3,(H,16,19)/t9-/m0/s1. The van der Waals surface area contributed by atoms with Crippen molar-refractivity contribution in [2.45, 2.75) is 37.8 Å². The summed E-state index contributed by atoms with van der Waals surface area (Å²) in [7, 11) is 0. The number of amides is 1. The molecule has 0 aliphatic heterocycles. The number of carbonyl (C=O) groups is 1. The highest BCUT2D eigenvalue weighted by atomic mass is 32.2. The molecule has 2 aromatic rings. The first-order chi connectivity index (χ1) is 10.0. The summed E-state index contributed by atoms with van der Waals surface area (Å²) >= 11 is 1.43. The Kier molecular flexibility index (Phi) is 4.95. The second-order valence-electron chi connectivity index (χ2n) is 4.89. The maximum Gasteiger partial charge on any atom is 0.254 e. The molecule has 0 radical (unpaired) electrons. The van der Waals surface area contributed by atoms with Gasteiger partial charge in [-0.15, -0.1) is 22.0 Å². The normalized spacial score (nSPS) is 12.4. The van der Waals surface area contributed by atoms with Crippen LogP contribution in [0.25, 0.3) is 0 Å². The average molecular weight is 306 g/mol. The highest BCUT2D eigenvalue weighted by Gasteiger charge is 2.19. The van der Waals surface area contributed by atoms with E-state index in [9.17, 15) is 4.79 Å². The van der Waals surface area contributed by atoms with E-state index in [1.165, 1.54) is 11.8 Å². The van der Waals surface area contributed by atoms with Crippen molar-refractivity contribution in [3.8, 4) is 0 Å². The molecule has 0 aromatic carbocycles. The topological polar surface area (TPSA) is 80.9 Å². The fourth-order valence-electron chi connectivity index (χ4n) is 1.72. The SMILES string of the molecule is CSc1ncccc1C(=O)N[C@@H](C)c1nnc(C(C)C)o1. The Balaban J connectivity index is 2.11. The first kappa shape index (κ1) is 15.5. The Hall–Kier alpha value is -1.89. The molecule has 1 atom stereocenters. The third-order valence-electron chi connectivity index (χ3n) is 2.88. The molecular weight excluding hydrogens is 288 g/mol. The Labute approximate surface area is 127 Å². The van der Waals surface area contributed by atoms with Gasteiger partial charge in [-0.25, -0.2) is 4.98 Å². The molecule has 1 amide bonds. The molecule has 2 rings (SSSR count). The molecule has 2 heterocycles. The molecule has 0 spiro atoms. The predicted octanol–water partition coefficient (Wildman–Crippen LogP) is 2.80. The van der Waals surface area contributed by atoms with Gasteiger partial charge in [-0.3, -0.25) is 4.79 Å². The highest BCUT2D eigenvalue weighted by molar-refractivity contribution is 7.98. The number of nitrogens with one attached hydrogen (secondary N) is 1. The minimum absolute atomic E-state index is 0.163. The van der Waals surface area contributed by atoms with Gasteiger partial charge in [-0.05, 0) is 25.3 Å². The van der Waals surface area contributed by atoms with Crippen LogP contribution in [-0.2, 0) is 0 Å². The van der Waals surface area contributed by atoms with Gasteiger partial charge in [0.05, 0.1) is 5.56 Å². The lowest BCUT2D eigenvalue weighted by Gasteiger charge is -2.11. The van der Waals surface area contributed by atoms with Crippen LogP contribution in [0.2, 0.25) is 0 Å². The van der Waals surface area contributed by atoms with Crippen LogP contribution in [0.3, 0.4) is 0 Å². The third-order valence-corrected chi connectivity index (χ3v) is 3.59. The Morgan fingerprint density at radius 3 is 2.62 bits per heavy atom. The summed E-state index contributed by atoms with van der Waals surface area (Å²) in [6, 6.07) is 3.13. The largest absolute Gasteiger partial charge is 0.423 e. The summed E-state index contributed by atoms with van der Waals surface area (Å²) in [6.07, 6.45) is 3.55. The van der Waals surface area contributed by atoms with Crippen LogP contribution in [0.15, 0.2) is 27.8 Å². The van der Waals surface area contributed by atoms with Crippen LogP contribution in [0.1, 0.15) is 54.9 Å². The van der Waals surface area contributed by atoms with Crippen molar-refractivity contribution >= 4 is 17.7 Å². The minimum atomic E-state index is -0.354. The monoisotopic (exact) mass is 306 g/mol. The average Bonchev–Trinajstić information content (AvgIpc) is 2.97. The third kappa shape index (κ3) is 3.60. The van der Waals surface area contributed by atoms with E-state index in [0.717, 1.165) is 0 Å². The van der Waals surface area contributed by atoms with Crippen LogP contribution in [0, 0.1) is 0 Å². The highest BCUT2D eigenvalue weighted by Crippen LogP contribution is 2.19. The van der Waals surface area contributed by atoms with E-state index < -0.39 is 0 Å². The molecule has 2 aromatic heterocycles. The van der Waals surface area contributed by atoms with Gasteiger partial charge >= 0.3 is 0 Å². The second kappa shape index (κ2) is 6.71. The van der Waals surface area contributed by atoms with Crippen molar-refractivity contribution in [2.24, 2.45) is 0 Å². The van der Waals surface area contributed by atoms with Gasteiger partial charge in [0.15, 0.2) is 0 Å². The summed E-state index contributed by atoms with van der Waals surface area (Å²) in [4.78, 5) is 16.5. The molecule has 7 heteroatoms. The number of pyridine rings is 1. The minimum Gasteiger partial charge on any atom is -0.423 e. The van der Waals surface area contributed by atoms with Crippen LogP contribution in [0.5, 0.6) is 0 Å². The molecule has 0 aliphatic carbocycles. The van der Waals surface area contributed by atoms with Crippen LogP contribution >= 0.6 is 11.8 Å². The van der Waals surface area contributed by atoms with Gasteiger partial charge in [0, 0.05) is 12.1 Å². The molecule has 1 N–H and O–H groups in total. The van der Waals surface area contributed by atoms with E-state index >= 15 is 0 Å². The fourth-order valence-corrected chi connectivity index (χ4v) is 2.26. The van der Waals surface area contributed by atoms with Crippen molar-refractivity contribution < 1.29 is 9.21 Å². The number of hydrogen-bond donors (Lipinski definition) is 1. The molecule has 0 saturated heterocycles. The Bertz CT molecular complexity index is 627. The maximum absolute atomic E-state index is 12.3. The summed E-state index contributed by atoms with van der Waals surface area (Å²) in [5.41, 5.74) is 0.542. The van der Waals surface area contributed by atoms with Crippen molar-refractivity contribution in [1.82, 2.24) is 20.5 Å². The summed E-state index contributed by atoms with van der Waals surface area (Å²) in [5.74, 6) is 0.929. The molecule has 0 bridgehead atoms. The number of carbonyl (C=O) groups excluding carboxylic acids is 1. The number of aromatic nitrogens is 3. The van der Waals surface area contributed by atoms with Gasteiger partial charge in [0.1, 0.15) is 11.1 Å². The van der Waals surface area contributed by atoms with Gasteiger partial charge in [-0.2, -0.15) is 0 Å². The molecule has 0 fully saturated rings. The van der Waals surface area contributed by atoms with E-state index in [4.69, 9.17) is 4.42 Å². The summed E-state index contributed by atoms with van der Waals surface area (Å²) in [5, 5.41) is 11.5. The molecule has 0 aliphatic rings. The van der Waals surface area contributed by atoms with Crippen molar-refractivity contribution in [3.05, 3.63) is 35.7 Å². The number of hydrogen-bond acceptors (Lipinski definition) is 6. The van der Waals surface area contributed by atoms with Crippen LogP contribution < -0.4 is 5.32 Å². The fraction of sp³-hybridized carbons (Fsp3) is 0.429. The Morgan fingerprint density at radius 2 is 2.00 bits per heavy atom. The van der Waals surface area contributed by atoms with E-state index in [1.54, 1.807) is 18.3 Å². The first-order valence-electron chi connectivity index (χ1n) is 6.66. The van der Waals surface area contributed by atoms with Gasteiger partial charge in [-0.1, -0.05) is 13.8 Å². The smallest absolute Gasteiger partial charge is 0.254 e. The summed E-state index contributed by atoms with van der Waals surface area (Å²) < 4.78 is 5.54. The van der Waals surface area contributed by atoms with E-state index in [-0.39, 0.29) is 17.9 Å². The molecule has 0 saturated carbocycles. The van der Waals surface area contributed by atoms with Crippen molar-refractivity contribution in [2.75, 3.05) is 6.26 Å². The zero-order valence-corrected chi connectivity index (χ0v) is 13.3. The molecule has 21 heavy (non-hydrogen) atoms. The van der Waals surface area contributed by atoms with Crippen molar-refractivity contribution in [1.29, 1.82) is 0 Å². The quantitative estimate of drug-likeness (QED) is 0.855. The number of thioether (sulfide) groups is 1.